The molecule has 4 nitrogen and oxygen atoms in total. The average Bonchev–Trinajstić information content (AvgIpc) is 2.57. The monoisotopic (exact) mass is 336 g/mol. The number of aliphatic hydroxyl groups excluding tert-OH is 1. The summed E-state index contributed by atoms with van der Waals surface area (Å²) in [4.78, 5) is 4.89. The van der Waals surface area contributed by atoms with E-state index >= 15 is 0 Å². The fourth-order valence-corrected chi connectivity index (χ4v) is 4.82. The van der Waals surface area contributed by atoms with Crippen molar-refractivity contribution in [3.05, 3.63) is 11.6 Å². The fourth-order valence-electron chi connectivity index (χ4n) is 4.82. The maximum absolute atomic E-state index is 10.3. The molecule has 2 bridgehead atoms. The molecule has 0 spiro atoms. The summed E-state index contributed by atoms with van der Waals surface area (Å²) in [6.07, 6.45) is 5.81. The van der Waals surface area contributed by atoms with E-state index in [1.807, 2.05) is 0 Å². The van der Waals surface area contributed by atoms with Gasteiger partial charge in [0.05, 0.1) is 19.3 Å². The van der Waals surface area contributed by atoms with Crippen molar-refractivity contribution in [1.29, 1.82) is 0 Å². The van der Waals surface area contributed by atoms with E-state index in [1.54, 1.807) is 0 Å². The lowest BCUT2D eigenvalue weighted by Gasteiger charge is -2.56. The van der Waals surface area contributed by atoms with Crippen LogP contribution in [0.1, 0.15) is 40.0 Å². The Morgan fingerprint density at radius 1 is 1.25 bits per heavy atom. The highest BCUT2D eigenvalue weighted by Crippen LogP contribution is 2.59. The predicted molar refractivity (Wildman–Crippen MR) is 98.1 cm³/mol. The van der Waals surface area contributed by atoms with Crippen LogP contribution in [-0.4, -0.2) is 73.5 Å². The topological polar surface area (TPSA) is 35.9 Å². The number of β-amino-alcohol motifs (C(OH)–C–C–N with tert-alkyl or cyclic N) is 1. The molecule has 1 saturated carbocycles. The van der Waals surface area contributed by atoms with E-state index in [0.29, 0.717) is 24.5 Å². The number of nitrogens with zero attached hydrogens (tertiary/aromatic N) is 2. The summed E-state index contributed by atoms with van der Waals surface area (Å²) in [5.74, 6) is 1.59. The van der Waals surface area contributed by atoms with E-state index < -0.39 is 0 Å². The maximum Gasteiger partial charge on any atom is 0.0900 e. The van der Waals surface area contributed by atoms with Gasteiger partial charge < -0.3 is 14.7 Å². The normalized spacial score (nSPS) is 31.4. The Labute approximate surface area is 147 Å². The highest BCUT2D eigenvalue weighted by molar-refractivity contribution is 5.23. The van der Waals surface area contributed by atoms with Crippen LogP contribution in [0.15, 0.2) is 11.6 Å². The molecule has 4 heteroatoms. The summed E-state index contributed by atoms with van der Waals surface area (Å²) in [6, 6.07) is 0. The van der Waals surface area contributed by atoms with Crippen LogP contribution in [0.3, 0.4) is 0 Å². The minimum atomic E-state index is -0.367. The highest BCUT2D eigenvalue weighted by Gasteiger charge is 2.50. The molecule has 4 rings (SSSR count). The number of hydrogen-bond acceptors (Lipinski definition) is 4. The third-order valence-electron chi connectivity index (χ3n) is 6.64. The fraction of sp³-hybridized carbons (Fsp3) is 0.900. The molecule has 0 amide bonds. The van der Waals surface area contributed by atoms with Crippen molar-refractivity contribution >= 4 is 0 Å². The lowest BCUT2D eigenvalue weighted by Crippen LogP contribution is -2.49. The van der Waals surface area contributed by atoms with Gasteiger partial charge in [-0.25, -0.2) is 0 Å². The molecule has 0 aromatic rings. The Morgan fingerprint density at radius 2 is 1.96 bits per heavy atom. The second-order valence-corrected chi connectivity index (χ2v) is 8.63. The number of allylic oxidation sites excluding steroid dienone is 1. The van der Waals surface area contributed by atoms with Gasteiger partial charge in [-0.2, -0.15) is 0 Å². The van der Waals surface area contributed by atoms with Crippen molar-refractivity contribution in [2.24, 2.45) is 17.3 Å². The largest absolute Gasteiger partial charge is 0.389 e. The molecule has 0 aromatic heterocycles. The molecular weight excluding hydrogens is 300 g/mol. The van der Waals surface area contributed by atoms with E-state index in [2.05, 4.69) is 36.6 Å². The number of aliphatic hydroxyl groups is 1. The van der Waals surface area contributed by atoms with Gasteiger partial charge in [0.1, 0.15) is 0 Å². The molecule has 1 N–H and O–H groups in total. The van der Waals surface area contributed by atoms with Gasteiger partial charge in [-0.1, -0.05) is 26.8 Å². The summed E-state index contributed by atoms with van der Waals surface area (Å²) < 4.78 is 5.87. The number of hydrogen-bond donors (Lipinski definition) is 1. The Bertz CT molecular complexity index is 441. The van der Waals surface area contributed by atoms with Gasteiger partial charge >= 0.3 is 0 Å². The van der Waals surface area contributed by atoms with Gasteiger partial charge in [-0.15, -0.1) is 0 Å². The SMILES string of the molecule is CCCN1CCN(CC(O)COCC2=CCC3CC2C3(C)C)CC1. The molecule has 3 aliphatic carbocycles. The summed E-state index contributed by atoms with van der Waals surface area (Å²) in [5.41, 5.74) is 1.94. The van der Waals surface area contributed by atoms with Crippen molar-refractivity contribution in [2.75, 3.05) is 52.5 Å². The smallest absolute Gasteiger partial charge is 0.0900 e. The lowest BCUT2D eigenvalue weighted by molar-refractivity contribution is -0.0274. The molecule has 0 aromatic carbocycles. The van der Waals surface area contributed by atoms with Crippen LogP contribution in [-0.2, 0) is 4.74 Å². The Hall–Kier alpha value is -0.420. The van der Waals surface area contributed by atoms with Crippen LogP contribution in [0, 0.1) is 17.3 Å². The van der Waals surface area contributed by atoms with Crippen molar-refractivity contribution in [1.82, 2.24) is 9.80 Å². The molecule has 3 unspecified atom stereocenters. The van der Waals surface area contributed by atoms with Gasteiger partial charge in [0, 0.05) is 32.7 Å². The second-order valence-electron chi connectivity index (χ2n) is 8.63. The van der Waals surface area contributed by atoms with Crippen LogP contribution in [0.5, 0.6) is 0 Å². The highest BCUT2D eigenvalue weighted by atomic mass is 16.5. The molecule has 3 atom stereocenters. The van der Waals surface area contributed by atoms with Crippen molar-refractivity contribution in [3.8, 4) is 0 Å². The van der Waals surface area contributed by atoms with Gasteiger partial charge in [0.15, 0.2) is 0 Å². The maximum atomic E-state index is 10.3. The number of piperazine rings is 1. The number of ether oxygens (including phenoxy) is 1. The Balaban J connectivity index is 1.32. The van der Waals surface area contributed by atoms with Crippen LogP contribution in [0.4, 0.5) is 0 Å². The van der Waals surface area contributed by atoms with Gasteiger partial charge in [-0.3, -0.25) is 4.90 Å². The minimum absolute atomic E-state index is 0.367. The van der Waals surface area contributed by atoms with E-state index in [1.165, 1.54) is 31.4 Å². The average molecular weight is 337 g/mol. The zero-order valence-electron chi connectivity index (χ0n) is 15.8. The molecule has 24 heavy (non-hydrogen) atoms. The molecule has 1 heterocycles. The Kier molecular flexibility index (Phi) is 6.02. The Morgan fingerprint density at radius 3 is 2.58 bits per heavy atom. The van der Waals surface area contributed by atoms with Gasteiger partial charge in [-0.05, 0) is 48.6 Å². The first-order valence-electron chi connectivity index (χ1n) is 9.90. The third kappa shape index (κ3) is 4.04. The molecule has 0 radical (unpaired) electrons. The molecule has 1 saturated heterocycles. The van der Waals surface area contributed by atoms with Crippen LogP contribution < -0.4 is 0 Å². The van der Waals surface area contributed by atoms with Crippen LogP contribution in [0.2, 0.25) is 0 Å². The lowest BCUT2D eigenvalue weighted by atomic mass is 9.49. The zero-order chi connectivity index (χ0) is 17.2. The van der Waals surface area contributed by atoms with E-state index in [-0.39, 0.29) is 6.10 Å². The van der Waals surface area contributed by atoms with Crippen LogP contribution in [0.25, 0.3) is 0 Å². The predicted octanol–water partition coefficient (Wildman–Crippen LogP) is 2.38. The molecule has 4 aliphatic rings. The molecule has 138 valence electrons. The summed E-state index contributed by atoms with van der Waals surface area (Å²) >= 11 is 0. The van der Waals surface area contributed by atoms with Gasteiger partial charge in [0.2, 0.25) is 0 Å². The van der Waals surface area contributed by atoms with Crippen molar-refractivity contribution < 1.29 is 9.84 Å². The summed E-state index contributed by atoms with van der Waals surface area (Å²) in [7, 11) is 0. The van der Waals surface area contributed by atoms with Crippen LogP contribution >= 0.6 is 0 Å². The minimum Gasteiger partial charge on any atom is -0.389 e. The van der Waals surface area contributed by atoms with Gasteiger partial charge in [0.25, 0.3) is 0 Å². The molecule has 2 fully saturated rings. The molecule has 1 aliphatic heterocycles. The first-order chi connectivity index (χ1) is 11.5. The molecular formula is C20H36N2O2. The van der Waals surface area contributed by atoms with E-state index in [0.717, 1.165) is 38.6 Å². The first-order valence-corrected chi connectivity index (χ1v) is 9.90. The third-order valence-corrected chi connectivity index (χ3v) is 6.64. The van der Waals surface area contributed by atoms with Crippen molar-refractivity contribution in [2.45, 2.75) is 46.1 Å². The quantitative estimate of drug-likeness (QED) is 0.691. The van der Waals surface area contributed by atoms with Crippen molar-refractivity contribution in [3.63, 3.8) is 0 Å². The second kappa shape index (κ2) is 7.86. The summed E-state index contributed by atoms with van der Waals surface area (Å²) in [6.45, 7) is 14.5. The van der Waals surface area contributed by atoms with E-state index in [4.69, 9.17) is 4.74 Å². The summed E-state index contributed by atoms with van der Waals surface area (Å²) in [5, 5.41) is 10.3. The number of fused-ring (bicyclic) bond motifs is 1. The standard InChI is InChI=1S/C20H36N2O2/c1-4-7-21-8-10-22(11-9-21)13-18(23)15-24-14-16-5-6-17-12-19(16)20(17,2)3/h5,17-19,23H,4,6-15H2,1-3H3. The number of rotatable bonds is 8. The van der Waals surface area contributed by atoms with E-state index in [9.17, 15) is 5.11 Å². The first kappa shape index (κ1) is 18.4. The zero-order valence-corrected chi connectivity index (χ0v) is 15.8.